The molecule has 0 spiro atoms. The van der Waals surface area contributed by atoms with E-state index in [2.05, 4.69) is 75.7 Å². The smallest absolute Gasteiger partial charge is 0.319 e. The minimum absolute atomic E-state index is 0.0715. The first-order valence-corrected chi connectivity index (χ1v) is 16.9. The average Bonchev–Trinajstić information content (AvgIpc) is 3.47. The fraction of sp³-hybridized carbons (Fsp3) is 0.486. The second-order valence-electron chi connectivity index (χ2n) is 14.1. The summed E-state index contributed by atoms with van der Waals surface area (Å²) in [4.78, 5) is 17.8. The maximum atomic E-state index is 13.4. The maximum Gasteiger partial charge on any atom is 0.319 e. The number of pyridine rings is 1. The topological polar surface area (TPSA) is 96.3 Å². The molecule has 1 saturated heterocycles. The minimum atomic E-state index is -0.224. The summed E-state index contributed by atoms with van der Waals surface area (Å²) in [6, 6.07) is 18.1. The van der Waals surface area contributed by atoms with Crippen LogP contribution < -0.4 is 20.3 Å². The van der Waals surface area contributed by atoms with Crippen molar-refractivity contribution < 1.29 is 14.3 Å². The van der Waals surface area contributed by atoms with Crippen LogP contribution in [0.4, 0.5) is 16.4 Å². The Balaban J connectivity index is 1.14. The molecule has 3 heterocycles. The van der Waals surface area contributed by atoms with Crippen LogP contribution in [0.15, 0.2) is 60.8 Å². The van der Waals surface area contributed by atoms with Crippen molar-refractivity contribution >= 4 is 23.3 Å². The Labute approximate surface area is 278 Å². The van der Waals surface area contributed by atoms with Crippen LogP contribution in [0.2, 0.25) is 0 Å². The van der Waals surface area contributed by atoms with E-state index in [4.69, 9.17) is 9.47 Å². The quantitative estimate of drug-likeness (QED) is 0.183. The number of ether oxygens (including phenoxy) is 2. The van der Waals surface area contributed by atoms with Crippen LogP contribution in [0.5, 0.6) is 5.75 Å². The van der Waals surface area contributed by atoms with Crippen LogP contribution in [0.1, 0.15) is 87.3 Å². The SMILES string of the molecule is CN(C)CCOCc1cc(NC(=O)NC2CCC(Oc3ccc4nnc(N5CCCCC5)n4c3)c3ccccc32)cc(C(C)(C)C)c1. The number of benzene rings is 2. The molecule has 1 aliphatic heterocycles. The Morgan fingerprint density at radius 3 is 2.53 bits per heavy atom. The van der Waals surface area contributed by atoms with Crippen molar-refractivity contribution in [1.29, 1.82) is 0 Å². The number of amides is 2. The van der Waals surface area contributed by atoms with E-state index in [9.17, 15) is 4.79 Å². The van der Waals surface area contributed by atoms with Crippen molar-refractivity contribution in [2.75, 3.05) is 50.6 Å². The molecule has 6 rings (SSSR count). The molecular weight excluding hydrogens is 590 g/mol. The summed E-state index contributed by atoms with van der Waals surface area (Å²) in [5, 5.41) is 15.2. The van der Waals surface area contributed by atoms with Crippen molar-refractivity contribution in [2.45, 2.75) is 77.0 Å². The van der Waals surface area contributed by atoms with Gasteiger partial charge in [0.25, 0.3) is 0 Å². The summed E-state index contributed by atoms with van der Waals surface area (Å²) in [6.07, 6.45) is 7.02. The molecule has 0 saturated carbocycles. The van der Waals surface area contributed by atoms with Crippen molar-refractivity contribution in [2.24, 2.45) is 0 Å². The Bertz CT molecular complexity index is 1670. The van der Waals surface area contributed by atoms with Gasteiger partial charge < -0.3 is 29.9 Å². The third-order valence-electron chi connectivity index (χ3n) is 9.08. The molecule has 2 N–H and O–H groups in total. The lowest BCUT2D eigenvalue weighted by atomic mass is 9.85. The first-order chi connectivity index (χ1) is 22.6. The lowest BCUT2D eigenvalue weighted by molar-refractivity contribution is 0.105. The number of aromatic nitrogens is 3. The van der Waals surface area contributed by atoms with Gasteiger partial charge in [-0.2, -0.15) is 0 Å². The largest absolute Gasteiger partial charge is 0.484 e. The van der Waals surface area contributed by atoms with Gasteiger partial charge >= 0.3 is 6.03 Å². The standard InChI is InChI=1S/C37H49N7O3/c1-37(2,3)27-21-26(25-46-20-19-42(4)5)22-28(23-27)38-35(45)39-32-14-15-33(31-12-8-7-11-30(31)32)47-29-13-16-34-40-41-36(44(34)24-29)43-17-9-6-10-18-43/h7-8,11-13,16,21-24,32-33H,6,9-10,14-15,17-20,25H2,1-5H3,(H2,38,39,45). The van der Waals surface area contributed by atoms with E-state index >= 15 is 0 Å². The fourth-order valence-corrected chi connectivity index (χ4v) is 6.47. The van der Waals surface area contributed by atoms with Gasteiger partial charge in [0, 0.05) is 25.3 Å². The van der Waals surface area contributed by atoms with Crippen LogP contribution in [-0.2, 0) is 16.8 Å². The second kappa shape index (κ2) is 14.3. The van der Waals surface area contributed by atoms with Gasteiger partial charge in [0.05, 0.1) is 25.5 Å². The van der Waals surface area contributed by atoms with Crippen LogP contribution in [0.3, 0.4) is 0 Å². The molecule has 1 aliphatic carbocycles. The molecule has 2 unspecified atom stereocenters. The number of nitrogens with one attached hydrogen (secondary N) is 2. The molecule has 10 nitrogen and oxygen atoms in total. The summed E-state index contributed by atoms with van der Waals surface area (Å²) >= 11 is 0. The van der Waals surface area contributed by atoms with E-state index in [1.54, 1.807) is 0 Å². The number of hydrogen-bond acceptors (Lipinski definition) is 7. The van der Waals surface area contributed by atoms with E-state index in [-0.39, 0.29) is 23.6 Å². The molecule has 2 amide bonds. The predicted octanol–water partition coefficient (Wildman–Crippen LogP) is 6.87. The minimum Gasteiger partial charge on any atom is -0.484 e. The molecular formula is C37H49N7O3. The molecule has 0 bridgehead atoms. The number of piperidine rings is 1. The van der Waals surface area contributed by atoms with Gasteiger partial charge in [-0.1, -0.05) is 51.1 Å². The van der Waals surface area contributed by atoms with Crippen molar-refractivity contribution in [3.8, 4) is 5.75 Å². The van der Waals surface area contributed by atoms with Gasteiger partial charge in [-0.25, -0.2) is 4.79 Å². The number of urea groups is 1. The van der Waals surface area contributed by atoms with Crippen LogP contribution in [0, 0.1) is 0 Å². The number of hydrogen-bond donors (Lipinski definition) is 2. The van der Waals surface area contributed by atoms with Crippen LogP contribution in [0.25, 0.3) is 5.65 Å². The maximum absolute atomic E-state index is 13.4. The number of fused-ring (bicyclic) bond motifs is 2. The monoisotopic (exact) mass is 639 g/mol. The lowest BCUT2D eigenvalue weighted by Gasteiger charge is -2.32. The normalized spacial score (nSPS) is 18.3. The highest BCUT2D eigenvalue weighted by atomic mass is 16.5. The van der Waals surface area contributed by atoms with Gasteiger partial charge in [0.15, 0.2) is 5.65 Å². The molecule has 2 aliphatic rings. The number of nitrogens with zero attached hydrogens (tertiary/aromatic N) is 5. The first kappa shape index (κ1) is 32.8. The molecule has 2 aromatic carbocycles. The van der Waals surface area contributed by atoms with Crippen molar-refractivity contribution in [3.05, 3.63) is 83.0 Å². The zero-order chi connectivity index (χ0) is 33.0. The zero-order valence-corrected chi connectivity index (χ0v) is 28.5. The molecule has 1 fully saturated rings. The Morgan fingerprint density at radius 1 is 0.979 bits per heavy atom. The zero-order valence-electron chi connectivity index (χ0n) is 28.5. The van der Waals surface area contributed by atoms with Gasteiger partial charge in [0.1, 0.15) is 11.9 Å². The average molecular weight is 640 g/mol. The Morgan fingerprint density at radius 2 is 1.77 bits per heavy atom. The van der Waals surface area contributed by atoms with Gasteiger partial charge in [-0.05, 0) is 98.1 Å². The van der Waals surface area contributed by atoms with Gasteiger partial charge in [-0.15, -0.1) is 10.2 Å². The Hall–Kier alpha value is -4.15. The Kier molecular flexibility index (Phi) is 9.98. The number of carbonyl (C=O) groups is 1. The highest BCUT2D eigenvalue weighted by Gasteiger charge is 2.30. The molecule has 2 aromatic heterocycles. The van der Waals surface area contributed by atoms with Crippen LogP contribution in [-0.4, -0.2) is 65.9 Å². The summed E-state index contributed by atoms with van der Waals surface area (Å²) in [5.41, 5.74) is 5.87. The summed E-state index contributed by atoms with van der Waals surface area (Å²) in [7, 11) is 4.07. The molecule has 250 valence electrons. The van der Waals surface area contributed by atoms with E-state index in [0.29, 0.717) is 13.2 Å². The highest BCUT2D eigenvalue weighted by molar-refractivity contribution is 5.89. The van der Waals surface area contributed by atoms with Crippen molar-refractivity contribution in [3.63, 3.8) is 0 Å². The van der Waals surface area contributed by atoms with Gasteiger partial charge in [0.2, 0.25) is 5.95 Å². The second-order valence-corrected chi connectivity index (χ2v) is 14.1. The third-order valence-corrected chi connectivity index (χ3v) is 9.08. The van der Waals surface area contributed by atoms with Crippen molar-refractivity contribution in [1.82, 2.24) is 24.8 Å². The molecule has 0 radical (unpaired) electrons. The summed E-state index contributed by atoms with van der Waals surface area (Å²) < 4.78 is 14.6. The number of carbonyl (C=O) groups excluding carboxylic acids is 1. The van der Waals surface area contributed by atoms with E-state index < -0.39 is 0 Å². The number of anilines is 2. The molecule has 4 aromatic rings. The number of likely N-dealkylation sites (N-methyl/N-ethyl adjacent to an activating group) is 1. The molecule has 2 atom stereocenters. The lowest BCUT2D eigenvalue weighted by Crippen LogP contribution is -2.35. The van der Waals surface area contributed by atoms with E-state index in [1.807, 2.05) is 55.0 Å². The van der Waals surface area contributed by atoms with Gasteiger partial charge in [-0.3, -0.25) is 4.40 Å². The van der Waals surface area contributed by atoms with Crippen LogP contribution >= 0.6 is 0 Å². The highest BCUT2D eigenvalue weighted by Crippen LogP contribution is 2.39. The summed E-state index contributed by atoms with van der Waals surface area (Å²) in [5.74, 6) is 1.65. The number of rotatable bonds is 10. The van der Waals surface area contributed by atoms with E-state index in [1.165, 1.54) is 19.3 Å². The van der Waals surface area contributed by atoms with E-state index in [0.717, 1.165) is 77.8 Å². The summed E-state index contributed by atoms with van der Waals surface area (Å²) in [6.45, 7) is 10.5. The first-order valence-electron chi connectivity index (χ1n) is 16.9. The molecule has 10 heteroatoms. The fourth-order valence-electron chi connectivity index (χ4n) is 6.47. The predicted molar refractivity (Wildman–Crippen MR) is 186 cm³/mol. The molecule has 47 heavy (non-hydrogen) atoms. The third kappa shape index (κ3) is 8.05.